The van der Waals surface area contributed by atoms with Gasteiger partial charge in [-0.25, -0.2) is 8.42 Å². The molecule has 0 radical (unpaired) electrons. The molecule has 0 heterocycles. The van der Waals surface area contributed by atoms with Gasteiger partial charge in [0, 0.05) is 4.47 Å². The van der Waals surface area contributed by atoms with Crippen molar-refractivity contribution in [3.05, 3.63) is 28.2 Å². The van der Waals surface area contributed by atoms with Gasteiger partial charge < -0.3 is 5.11 Å². The fourth-order valence-corrected chi connectivity index (χ4v) is 3.66. The van der Waals surface area contributed by atoms with Crippen molar-refractivity contribution in [2.45, 2.75) is 31.7 Å². The van der Waals surface area contributed by atoms with Crippen LogP contribution in [-0.4, -0.2) is 25.5 Å². The van der Waals surface area contributed by atoms with Crippen LogP contribution in [-0.2, 0) is 14.8 Å². The van der Waals surface area contributed by atoms with Crippen LogP contribution in [0.4, 0.5) is 0 Å². The summed E-state index contributed by atoms with van der Waals surface area (Å²) < 4.78 is 27.4. The summed E-state index contributed by atoms with van der Waals surface area (Å²) in [6.07, 6.45) is 0. The van der Waals surface area contributed by atoms with Gasteiger partial charge >= 0.3 is 5.97 Å². The quantitative estimate of drug-likeness (QED) is 0.852. The maximum Gasteiger partial charge on any atom is 0.322 e. The number of carbonyl (C=O) groups is 1. The Morgan fingerprint density at radius 3 is 2.37 bits per heavy atom. The second kappa shape index (κ2) is 6.02. The highest BCUT2D eigenvalue weighted by atomic mass is 79.9. The number of carboxylic acid groups (broad SMARTS) is 1. The van der Waals surface area contributed by atoms with Crippen molar-refractivity contribution in [3.8, 4) is 0 Å². The van der Waals surface area contributed by atoms with Gasteiger partial charge in [-0.1, -0.05) is 29.8 Å². The third-order valence-electron chi connectivity index (χ3n) is 2.64. The highest BCUT2D eigenvalue weighted by Crippen LogP contribution is 2.20. The lowest BCUT2D eigenvalue weighted by Gasteiger charge is -2.18. The Bertz CT molecular complexity index is 583. The lowest BCUT2D eigenvalue weighted by atomic mass is 10.1. The summed E-state index contributed by atoms with van der Waals surface area (Å²) in [5.41, 5.74) is 0.551. The molecular weight excluding hydrogens is 334 g/mol. The number of rotatable bonds is 5. The molecule has 0 aliphatic rings. The SMILES string of the molecule is Cc1cc(Br)ccc1S(=O)(=O)N[C@H](C(=O)O)C(C)C. The predicted molar refractivity (Wildman–Crippen MR) is 75.5 cm³/mol. The number of sulfonamides is 1. The van der Waals surface area contributed by atoms with Crippen molar-refractivity contribution in [3.63, 3.8) is 0 Å². The summed E-state index contributed by atoms with van der Waals surface area (Å²) in [5, 5.41) is 9.03. The first-order valence-corrected chi connectivity index (χ1v) is 7.94. The Morgan fingerprint density at radius 2 is 1.95 bits per heavy atom. The molecule has 1 rings (SSSR count). The molecule has 7 heteroatoms. The summed E-state index contributed by atoms with van der Waals surface area (Å²) in [6, 6.07) is 3.57. The minimum Gasteiger partial charge on any atom is -0.480 e. The molecule has 19 heavy (non-hydrogen) atoms. The zero-order chi connectivity index (χ0) is 14.8. The normalized spacial score (nSPS) is 13.5. The van der Waals surface area contributed by atoms with Gasteiger partial charge in [0.15, 0.2) is 0 Å². The van der Waals surface area contributed by atoms with Gasteiger partial charge in [-0.15, -0.1) is 0 Å². The molecule has 0 spiro atoms. The molecule has 0 saturated heterocycles. The Kier molecular flexibility index (Phi) is 5.11. The van der Waals surface area contributed by atoms with E-state index >= 15 is 0 Å². The van der Waals surface area contributed by atoms with Crippen LogP contribution in [0.15, 0.2) is 27.6 Å². The van der Waals surface area contributed by atoms with E-state index in [0.29, 0.717) is 5.56 Å². The molecule has 106 valence electrons. The molecule has 1 atom stereocenters. The number of carboxylic acids is 1. The molecule has 1 aromatic rings. The van der Waals surface area contributed by atoms with Crippen LogP contribution in [0.3, 0.4) is 0 Å². The van der Waals surface area contributed by atoms with Crippen molar-refractivity contribution in [2.24, 2.45) is 5.92 Å². The summed E-state index contributed by atoms with van der Waals surface area (Å²) >= 11 is 3.25. The lowest BCUT2D eigenvalue weighted by Crippen LogP contribution is -2.44. The molecule has 0 aromatic heterocycles. The molecule has 0 saturated carbocycles. The average Bonchev–Trinajstić information content (AvgIpc) is 2.24. The largest absolute Gasteiger partial charge is 0.480 e. The summed E-state index contributed by atoms with van der Waals surface area (Å²) in [6.45, 7) is 4.95. The summed E-state index contributed by atoms with van der Waals surface area (Å²) in [5.74, 6) is -1.53. The molecule has 1 aromatic carbocycles. The van der Waals surface area contributed by atoms with Crippen LogP contribution < -0.4 is 4.72 Å². The maximum absolute atomic E-state index is 12.2. The topological polar surface area (TPSA) is 83.5 Å². The minimum atomic E-state index is -3.85. The van der Waals surface area contributed by atoms with Crippen LogP contribution >= 0.6 is 15.9 Å². The van der Waals surface area contributed by atoms with Crippen LogP contribution in [0.1, 0.15) is 19.4 Å². The molecule has 0 fully saturated rings. The molecule has 0 aliphatic carbocycles. The number of benzene rings is 1. The van der Waals surface area contributed by atoms with Crippen molar-refractivity contribution in [1.29, 1.82) is 0 Å². The molecule has 0 aliphatic heterocycles. The van der Waals surface area contributed by atoms with Gasteiger partial charge in [0.05, 0.1) is 4.90 Å². The Balaban J connectivity index is 3.14. The number of hydrogen-bond acceptors (Lipinski definition) is 3. The average molecular weight is 350 g/mol. The Morgan fingerprint density at radius 1 is 1.37 bits per heavy atom. The first-order valence-electron chi connectivity index (χ1n) is 5.66. The van der Waals surface area contributed by atoms with Crippen LogP contribution in [0.5, 0.6) is 0 Å². The number of aryl methyl sites for hydroxylation is 1. The highest BCUT2D eigenvalue weighted by molar-refractivity contribution is 9.10. The van der Waals surface area contributed by atoms with Crippen LogP contribution in [0.25, 0.3) is 0 Å². The van der Waals surface area contributed by atoms with Crippen molar-refractivity contribution in [2.75, 3.05) is 0 Å². The van der Waals surface area contributed by atoms with E-state index < -0.39 is 22.0 Å². The number of hydrogen-bond donors (Lipinski definition) is 2. The molecule has 0 unspecified atom stereocenters. The molecule has 0 bridgehead atoms. The van der Waals surface area contributed by atoms with Gasteiger partial charge in [-0.3, -0.25) is 4.79 Å². The number of aliphatic carboxylic acids is 1. The van der Waals surface area contributed by atoms with E-state index in [0.717, 1.165) is 4.47 Å². The molecule has 2 N–H and O–H groups in total. The predicted octanol–water partition coefficient (Wildman–Crippen LogP) is 2.15. The number of halogens is 1. The Labute approximate surface area is 121 Å². The molecule has 5 nitrogen and oxygen atoms in total. The summed E-state index contributed by atoms with van der Waals surface area (Å²) in [4.78, 5) is 11.1. The smallest absolute Gasteiger partial charge is 0.322 e. The zero-order valence-electron chi connectivity index (χ0n) is 10.8. The standard InChI is InChI=1S/C12H16BrNO4S/c1-7(2)11(12(15)16)14-19(17,18)10-5-4-9(13)6-8(10)3/h4-7,11,14H,1-3H3,(H,15,16)/t11-/m0/s1. The van der Waals surface area contributed by atoms with Gasteiger partial charge in [0.1, 0.15) is 6.04 Å². The number of nitrogens with one attached hydrogen (secondary N) is 1. The van der Waals surface area contributed by atoms with Gasteiger partial charge in [-0.2, -0.15) is 4.72 Å². The van der Waals surface area contributed by atoms with Crippen molar-refractivity contribution in [1.82, 2.24) is 4.72 Å². The first kappa shape index (κ1) is 16.1. The van der Waals surface area contributed by atoms with E-state index in [2.05, 4.69) is 20.7 Å². The van der Waals surface area contributed by atoms with E-state index in [-0.39, 0.29) is 10.8 Å². The van der Waals surface area contributed by atoms with E-state index in [1.165, 1.54) is 6.07 Å². The third-order valence-corrected chi connectivity index (χ3v) is 4.74. The van der Waals surface area contributed by atoms with Gasteiger partial charge in [0.25, 0.3) is 0 Å². The van der Waals surface area contributed by atoms with Crippen LogP contribution in [0, 0.1) is 12.8 Å². The van der Waals surface area contributed by atoms with E-state index in [9.17, 15) is 13.2 Å². The second-order valence-electron chi connectivity index (χ2n) is 4.59. The highest BCUT2D eigenvalue weighted by Gasteiger charge is 2.28. The fraction of sp³-hybridized carbons (Fsp3) is 0.417. The van der Waals surface area contributed by atoms with Gasteiger partial charge in [-0.05, 0) is 36.6 Å². The molecular formula is C12H16BrNO4S. The summed E-state index contributed by atoms with van der Waals surface area (Å²) in [7, 11) is -3.85. The first-order chi connectivity index (χ1) is 8.65. The zero-order valence-corrected chi connectivity index (χ0v) is 13.2. The maximum atomic E-state index is 12.2. The van der Waals surface area contributed by atoms with Crippen LogP contribution in [0.2, 0.25) is 0 Å². The van der Waals surface area contributed by atoms with Crippen molar-refractivity contribution < 1.29 is 18.3 Å². The van der Waals surface area contributed by atoms with E-state index in [4.69, 9.17) is 5.11 Å². The van der Waals surface area contributed by atoms with Crippen molar-refractivity contribution >= 4 is 31.9 Å². The third kappa shape index (κ3) is 4.02. The second-order valence-corrected chi connectivity index (χ2v) is 7.19. The Hall–Kier alpha value is -0.920. The van der Waals surface area contributed by atoms with Gasteiger partial charge in [0.2, 0.25) is 10.0 Å². The van der Waals surface area contributed by atoms with E-state index in [1.807, 2.05) is 0 Å². The molecule has 0 amide bonds. The monoisotopic (exact) mass is 349 g/mol. The lowest BCUT2D eigenvalue weighted by molar-refractivity contribution is -0.140. The minimum absolute atomic E-state index is 0.0857. The van der Waals surface area contributed by atoms with E-state index in [1.54, 1.807) is 32.9 Å². The fourth-order valence-electron chi connectivity index (χ4n) is 1.62.